The molecule has 0 fully saturated rings. The summed E-state index contributed by atoms with van der Waals surface area (Å²) in [5, 5.41) is 16.9. The fourth-order valence-corrected chi connectivity index (χ4v) is 8.11. The fourth-order valence-electron chi connectivity index (χ4n) is 6.99. The molecule has 3 nitrogen and oxygen atoms in total. The van der Waals surface area contributed by atoms with Crippen LogP contribution in [0.3, 0.4) is 0 Å². The van der Waals surface area contributed by atoms with Crippen LogP contribution in [0.15, 0.2) is 176 Å². The second-order valence-electron chi connectivity index (χ2n) is 12.0. The molecule has 230 valence electrons. The van der Waals surface area contributed by atoms with E-state index in [4.69, 9.17) is 10.2 Å². The number of aromatic nitrogens is 3. The van der Waals surface area contributed by atoms with Gasteiger partial charge >= 0.3 is 0 Å². The Balaban J connectivity index is 1.46. The van der Waals surface area contributed by atoms with Gasteiger partial charge in [0.1, 0.15) is 11.4 Å². The van der Waals surface area contributed by atoms with Crippen molar-refractivity contribution >= 4 is 31.5 Å². The molecule has 49 heavy (non-hydrogen) atoms. The van der Waals surface area contributed by atoms with Crippen molar-refractivity contribution in [2.45, 2.75) is 0 Å². The van der Waals surface area contributed by atoms with E-state index in [1.807, 2.05) is 11.3 Å². The van der Waals surface area contributed by atoms with Crippen molar-refractivity contribution < 1.29 is 0 Å². The van der Waals surface area contributed by atoms with Gasteiger partial charge in [0.05, 0.1) is 0 Å². The summed E-state index contributed by atoms with van der Waals surface area (Å²) in [6, 6.07) is 62.0. The molecule has 0 spiro atoms. The molecule has 0 saturated heterocycles. The molecule has 0 aliphatic heterocycles. The third-order valence-electron chi connectivity index (χ3n) is 9.18. The number of hydrogen-bond acceptors (Lipinski definition) is 4. The van der Waals surface area contributed by atoms with Crippen LogP contribution in [0.25, 0.3) is 87.2 Å². The standard InChI is InChI=1S/C45H29N3S/c1-4-16-30(17-5-1)33-22-10-12-24-36(33)43-44(37-25-13-11-23-34(37)31-18-6-2-7-19-31)46-48-47-45(43)42-35(32-20-8-3-9-21-32)28-29-40-41(42)38-26-14-15-27-39(38)49-40/h1-29H. The molecular weight excluding hydrogens is 615 g/mol. The summed E-state index contributed by atoms with van der Waals surface area (Å²) < 4.78 is 2.45. The monoisotopic (exact) mass is 643 g/mol. The zero-order valence-electron chi connectivity index (χ0n) is 26.5. The third kappa shape index (κ3) is 5.10. The van der Waals surface area contributed by atoms with Gasteiger partial charge in [-0.2, -0.15) is 0 Å². The second kappa shape index (κ2) is 12.4. The van der Waals surface area contributed by atoms with Crippen molar-refractivity contribution in [2.24, 2.45) is 0 Å². The molecule has 9 aromatic rings. The van der Waals surface area contributed by atoms with Crippen molar-refractivity contribution in [3.05, 3.63) is 176 Å². The van der Waals surface area contributed by atoms with Crippen LogP contribution in [0.4, 0.5) is 0 Å². The molecule has 0 radical (unpaired) electrons. The summed E-state index contributed by atoms with van der Waals surface area (Å²) in [5.41, 5.74) is 12.4. The molecule has 0 N–H and O–H groups in total. The summed E-state index contributed by atoms with van der Waals surface area (Å²) in [6.45, 7) is 0. The third-order valence-corrected chi connectivity index (χ3v) is 10.3. The van der Waals surface area contributed by atoms with E-state index in [2.05, 4.69) is 181 Å². The minimum absolute atomic E-state index is 0.795. The predicted molar refractivity (Wildman–Crippen MR) is 205 cm³/mol. The first kappa shape index (κ1) is 29.0. The highest BCUT2D eigenvalue weighted by molar-refractivity contribution is 7.26. The highest BCUT2D eigenvalue weighted by Crippen LogP contribution is 2.50. The SMILES string of the molecule is c1ccc(-c2ccccc2-c2nnnc(-c3c(-c4ccccc4)ccc4sc5ccccc5c34)c2-c2ccccc2-c2ccccc2)cc1. The molecule has 2 heterocycles. The summed E-state index contributed by atoms with van der Waals surface area (Å²) in [5.74, 6) is 0. The van der Waals surface area contributed by atoms with E-state index in [0.29, 0.717) is 0 Å². The van der Waals surface area contributed by atoms with Gasteiger partial charge in [0, 0.05) is 36.9 Å². The van der Waals surface area contributed by atoms with Crippen molar-refractivity contribution in [3.63, 3.8) is 0 Å². The van der Waals surface area contributed by atoms with Crippen LogP contribution < -0.4 is 0 Å². The maximum atomic E-state index is 5.01. The Bertz CT molecular complexity index is 2590. The Morgan fingerprint density at radius 3 is 1.47 bits per heavy atom. The lowest BCUT2D eigenvalue weighted by molar-refractivity contribution is 0.879. The van der Waals surface area contributed by atoms with E-state index in [9.17, 15) is 0 Å². The molecule has 0 aliphatic rings. The Kier molecular flexibility index (Phi) is 7.34. The molecule has 7 aromatic carbocycles. The normalized spacial score (nSPS) is 11.3. The Hall–Kier alpha value is -6.23. The Morgan fingerprint density at radius 1 is 0.327 bits per heavy atom. The largest absolute Gasteiger partial charge is 0.135 e. The van der Waals surface area contributed by atoms with Crippen molar-refractivity contribution in [1.29, 1.82) is 0 Å². The lowest BCUT2D eigenvalue weighted by Crippen LogP contribution is -2.03. The molecule has 4 heteroatoms. The van der Waals surface area contributed by atoms with Crippen LogP contribution in [0.5, 0.6) is 0 Å². The molecule has 9 rings (SSSR count). The average Bonchev–Trinajstić information content (AvgIpc) is 3.57. The van der Waals surface area contributed by atoms with Crippen molar-refractivity contribution in [2.75, 3.05) is 0 Å². The lowest BCUT2D eigenvalue weighted by Gasteiger charge is -2.20. The van der Waals surface area contributed by atoms with E-state index in [1.54, 1.807) is 0 Å². The van der Waals surface area contributed by atoms with Gasteiger partial charge < -0.3 is 0 Å². The minimum Gasteiger partial charge on any atom is -0.135 e. The van der Waals surface area contributed by atoms with Crippen molar-refractivity contribution in [3.8, 4) is 67.0 Å². The highest BCUT2D eigenvalue weighted by atomic mass is 32.1. The minimum atomic E-state index is 0.795. The first-order valence-electron chi connectivity index (χ1n) is 16.4. The summed E-state index contributed by atoms with van der Waals surface area (Å²) in [7, 11) is 0. The van der Waals surface area contributed by atoms with Gasteiger partial charge in [-0.1, -0.05) is 164 Å². The van der Waals surface area contributed by atoms with Crippen LogP contribution in [0.1, 0.15) is 0 Å². The molecule has 0 unspecified atom stereocenters. The number of thiophene rings is 1. The van der Waals surface area contributed by atoms with Crippen LogP contribution in [-0.4, -0.2) is 15.4 Å². The summed E-state index contributed by atoms with van der Waals surface area (Å²) in [4.78, 5) is 0. The van der Waals surface area contributed by atoms with Crippen LogP contribution in [0.2, 0.25) is 0 Å². The molecule has 0 saturated carbocycles. The van der Waals surface area contributed by atoms with E-state index in [-0.39, 0.29) is 0 Å². The topological polar surface area (TPSA) is 38.7 Å². The smallest absolute Gasteiger partial charge is 0.106 e. The maximum Gasteiger partial charge on any atom is 0.106 e. The van der Waals surface area contributed by atoms with Crippen LogP contribution in [-0.2, 0) is 0 Å². The molecule has 2 aromatic heterocycles. The molecular formula is C45H29N3S. The van der Waals surface area contributed by atoms with Gasteiger partial charge in [-0.05, 0) is 56.3 Å². The predicted octanol–water partition coefficient (Wildman–Crippen LogP) is 12.2. The first-order valence-corrected chi connectivity index (χ1v) is 17.2. The first-order chi connectivity index (χ1) is 24.3. The zero-order chi connectivity index (χ0) is 32.6. The number of benzene rings is 7. The highest BCUT2D eigenvalue weighted by Gasteiger charge is 2.26. The van der Waals surface area contributed by atoms with Gasteiger partial charge in [-0.3, -0.25) is 0 Å². The number of nitrogens with zero attached hydrogens (tertiary/aromatic N) is 3. The average molecular weight is 644 g/mol. The van der Waals surface area contributed by atoms with Gasteiger partial charge in [-0.15, -0.1) is 21.5 Å². The van der Waals surface area contributed by atoms with E-state index in [0.717, 1.165) is 67.0 Å². The second-order valence-corrected chi connectivity index (χ2v) is 13.1. The van der Waals surface area contributed by atoms with Gasteiger partial charge in [-0.25, -0.2) is 0 Å². The molecule has 0 atom stereocenters. The van der Waals surface area contributed by atoms with Gasteiger partial charge in [0.15, 0.2) is 0 Å². The Labute approximate surface area is 288 Å². The zero-order valence-corrected chi connectivity index (χ0v) is 27.3. The van der Waals surface area contributed by atoms with Crippen molar-refractivity contribution in [1.82, 2.24) is 15.4 Å². The van der Waals surface area contributed by atoms with Crippen LogP contribution >= 0.6 is 11.3 Å². The van der Waals surface area contributed by atoms with E-state index < -0.39 is 0 Å². The van der Waals surface area contributed by atoms with Crippen LogP contribution in [0, 0.1) is 0 Å². The molecule has 0 amide bonds. The molecule has 0 bridgehead atoms. The maximum absolute atomic E-state index is 5.01. The number of hydrogen-bond donors (Lipinski definition) is 0. The lowest BCUT2D eigenvalue weighted by atomic mass is 9.85. The van der Waals surface area contributed by atoms with E-state index in [1.165, 1.54) is 20.2 Å². The van der Waals surface area contributed by atoms with Gasteiger partial charge in [0.2, 0.25) is 0 Å². The molecule has 0 aliphatic carbocycles. The quantitative estimate of drug-likeness (QED) is 0.181. The summed E-state index contributed by atoms with van der Waals surface area (Å²) in [6.07, 6.45) is 0. The fraction of sp³-hybridized carbons (Fsp3) is 0. The van der Waals surface area contributed by atoms with E-state index >= 15 is 0 Å². The number of fused-ring (bicyclic) bond motifs is 3. The summed E-state index contributed by atoms with van der Waals surface area (Å²) >= 11 is 1.81. The number of rotatable bonds is 6. The van der Waals surface area contributed by atoms with Gasteiger partial charge in [0.25, 0.3) is 0 Å². The Morgan fingerprint density at radius 2 is 0.816 bits per heavy atom.